The number of ether oxygens (including phenoxy) is 1. The lowest BCUT2D eigenvalue weighted by molar-refractivity contribution is 0.0663. The third-order valence-electron chi connectivity index (χ3n) is 4.35. The minimum Gasteiger partial charge on any atom is -0.497 e. The third kappa shape index (κ3) is 3.07. The standard InChI is InChI=1S/C17H22N4O2/c1-13-16(17(22)20-10-8-19(2)9-11-20)12-18-21(13)14-4-6-15(23-3)7-5-14/h4-7,12H,8-11H2,1-3H3. The van der Waals surface area contributed by atoms with Crippen LogP contribution in [-0.2, 0) is 0 Å². The van der Waals surface area contributed by atoms with Crippen LogP contribution in [0.15, 0.2) is 30.5 Å². The molecule has 6 heteroatoms. The Hall–Kier alpha value is -2.34. The zero-order valence-electron chi connectivity index (χ0n) is 13.8. The number of methoxy groups -OCH3 is 1. The van der Waals surface area contributed by atoms with Crippen LogP contribution in [0.3, 0.4) is 0 Å². The van der Waals surface area contributed by atoms with Gasteiger partial charge in [-0.05, 0) is 38.2 Å². The van der Waals surface area contributed by atoms with Gasteiger partial charge in [-0.1, -0.05) is 0 Å². The molecule has 0 saturated carbocycles. The largest absolute Gasteiger partial charge is 0.497 e. The van der Waals surface area contributed by atoms with Gasteiger partial charge in [0.05, 0.1) is 30.3 Å². The SMILES string of the molecule is COc1ccc(-n2ncc(C(=O)N3CCN(C)CC3)c2C)cc1. The minimum absolute atomic E-state index is 0.0651. The molecule has 0 aliphatic carbocycles. The molecule has 3 rings (SSSR count). The number of carbonyl (C=O) groups excluding carboxylic acids is 1. The maximum Gasteiger partial charge on any atom is 0.257 e. The highest BCUT2D eigenvalue weighted by molar-refractivity contribution is 5.95. The van der Waals surface area contributed by atoms with Crippen LogP contribution in [0.25, 0.3) is 5.69 Å². The highest BCUT2D eigenvalue weighted by Crippen LogP contribution is 2.19. The van der Waals surface area contributed by atoms with Crippen molar-refractivity contribution in [2.24, 2.45) is 0 Å². The Morgan fingerprint density at radius 3 is 2.39 bits per heavy atom. The fourth-order valence-electron chi connectivity index (χ4n) is 2.78. The van der Waals surface area contributed by atoms with Gasteiger partial charge in [-0.25, -0.2) is 4.68 Å². The molecule has 1 saturated heterocycles. The maximum atomic E-state index is 12.7. The number of likely N-dealkylation sites (N-methyl/N-ethyl adjacent to an activating group) is 1. The Bertz CT molecular complexity index is 685. The van der Waals surface area contributed by atoms with E-state index in [1.807, 2.05) is 36.1 Å². The second-order valence-corrected chi connectivity index (χ2v) is 5.85. The van der Waals surface area contributed by atoms with Crippen LogP contribution < -0.4 is 4.74 Å². The van der Waals surface area contributed by atoms with Crippen molar-refractivity contribution in [2.45, 2.75) is 6.92 Å². The van der Waals surface area contributed by atoms with Crippen LogP contribution in [0.5, 0.6) is 5.75 Å². The fourth-order valence-corrected chi connectivity index (χ4v) is 2.78. The van der Waals surface area contributed by atoms with Crippen molar-refractivity contribution in [3.63, 3.8) is 0 Å². The first-order chi connectivity index (χ1) is 11.1. The molecule has 1 fully saturated rings. The molecule has 1 amide bonds. The predicted molar refractivity (Wildman–Crippen MR) is 88.3 cm³/mol. The number of piperazine rings is 1. The molecule has 23 heavy (non-hydrogen) atoms. The molecule has 1 aromatic carbocycles. The first-order valence-corrected chi connectivity index (χ1v) is 7.77. The molecular formula is C17H22N4O2. The minimum atomic E-state index is 0.0651. The monoisotopic (exact) mass is 314 g/mol. The van der Waals surface area contributed by atoms with Crippen LogP contribution in [0.4, 0.5) is 0 Å². The first kappa shape index (κ1) is 15.6. The highest BCUT2D eigenvalue weighted by Gasteiger charge is 2.23. The summed E-state index contributed by atoms with van der Waals surface area (Å²) in [6, 6.07) is 7.64. The summed E-state index contributed by atoms with van der Waals surface area (Å²) >= 11 is 0. The van der Waals surface area contributed by atoms with E-state index in [9.17, 15) is 4.79 Å². The normalized spacial score (nSPS) is 15.7. The predicted octanol–water partition coefficient (Wildman–Crippen LogP) is 1.58. The number of hydrogen-bond donors (Lipinski definition) is 0. The molecule has 0 atom stereocenters. The van der Waals surface area contributed by atoms with Gasteiger partial charge in [0.2, 0.25) is 0 Å². The molecule has 0 radical (unpaired) electrons. The number of aromatic nitrogens is 2. The molecule has 1 aliphatic rings. The number of rotatable bonds is 3. The van der Waals surface area contributed by atoms with Crippen LogP contribution in [0.2, 0.25) is 0 Å². The van der Waals surface area contributed by atoms with Gasteiger partial charge in [-0.15, -0.1) is 0 Å². The van der Waals surface area contributed by atoms with Crippen molar-refractivity contribution >= 4 is 5.91 Å². The summed E-state index contributed by atoms with van der Waals surface area (Å²) < 4.78 is 6.97. The Morgan fingerprint density at radius 2 is 1.78 bits per heavy atom. The fraction of sp³-hybridized carbons (Fsp3) is 0.412. The molecule has 0 spiro atoms. The lowest BCUT2D eigenvalue weighted by atomic mass is 10.2. The summed E-state index contributed by atoms with van der Waals surface area (Å²) in [5.74, 6) is 0.864. The quantitative estimate of drug-likeness (QED) is 0.863. The van der Waals surface area contributed by atoms with E-state index in [2.05, 4.69) is 17.0 Å². The molecule has 6 nitrogen and oxygen atoms in total. The van der Waals surface area contributed by atoms with Gasteiger partial charge in [0.25, 0.3) is 5.91 Å². The summed E-state index contributed by atoms with van der Waals surface area (Å²) in [5.41, 5.74) is 2.45. The summed E-state index contributed by atoms with van der Waals surface area (Å²) in [6.07, 6.45) is 1.67. The van der Waals surface area contributed by atoms with Gasteiger partial charge < -0.3 is 14.5 Å². The second kappa shape index (κ2) is 6.42. The number of nitrogens with zero attached hydrogens (tertiary/aromatic N) is 4. The van der Waals surface area contributed by atoms with Gasteiger partial charge >= 0.3 is 0 Å². The molecule has 122 valence electrons. The number of benzene rings is 1. The highest BCUT2D eigenvalue weighted by atomic mass is 16.5. The Kier molecular flexibility index (Phi) is 4.34. The zero-order chi connectivity index (χ0) is 16.4. The van der Waals surface area contributed by atoms with Crippen molar-refractivity contribution in [3.05, 3.63) is 41.7 Å². The van der Waals surface area contributed by atoms with Gasteiger partial charge in [-0.3, -0.25) is 4.79 Å². The van der Waals surface area contributed by atoms with Gasteiger partial charge in [0.1, 0.15) is 5.75 Å². The van der Waals surface area contributed by atoms with Crippen LogP contribution in [-0.4, -0.2) is 65.8 Å². The molecule has 0 N–H and O–H groups in total. The third-order valence-corrected chi connectivity index (χ3v) is 4.35. The molecule has 2 aromatic rings. The van der Waals surface area contributed by atoms with E-state index >= 15 is 0 Å². The molecule has 2 heterocycles. The summed E-state index contributed by atoms with van der Waals surface area (Å²) in [7, 11) is 3.72. The second-order valence-electron chi connectivity index (χ2n) is 5.85. The first-order valence-electron chi connectivity index (χ1n) is 7.77. The number of amides is 1. The van der Waals surface area contributed by atoms with E-state index in [1.165, 1.54) is 0 Å². The molecule has 0 unspecified atom stereocenters. The van der Waals surface area contributed by atoms with E-state index in [-0.39, 0.29) is 5.91 Å². The number of hydrogen-bond acceptors (Lipinski definition) is 4. The lowest BCUT2D eigenvalue weighted by Gasteiger charge is -2.32. The van der Waals surface area contributed by atoms with Crippen molar-refractivity contribution in [3.8, 4) is 11.4 Å². The van der Waals surface area contributed by atoms with Crippen molar-refractivity contribution in [1.29, 1.82) is 0 Å². The van der Waals surface area contributed by atoms with Crippen LogP contribution in [0, 0.1) is 6.92 Å². The summed E-state index contributed by atoms with van der Waals surface area (Å²) in [6.45, 7) is 5.29. The smallest absolute Gasteiger partial charge is 0.257 e. The zero-order valence-corrected chi connectivity index (χ0v) is 13.8. The van der Waals surface area contributed by atoms with Crippen molar-refractivity contribution in [2.75, 3.05) is 40.3 Å². The summed E-state index contributed by atoms with van der Waals surface area (Å²) in [4.78, 5) is 16.8. The van der Waals surface area contributed by atoms with Crippen molar-refractivity contribution in [1.82, 2.24) is 19.6 Å². The average molecular weight is 314 g/mol. The molecule has 0 bridgehead atoms. The lowest BCUT2D eigenvalue weighted by Crippen LogP contribution is -2.47. The molecule has 1 aromatic heterocycles. The van der Waals surface area contributed by atoms with Crippen LogP contribution >= 0.6 is 0 Å². The van der Waals surface area contributed by atoms with E-state index in [1.54, 1.807) is 18.0 Å². The van der Waals surface area contributed by atoms with E-state index < -0.39 is 0 Å². The van der Waals surface area contributed by atoms with Gasteiger partial charge in [0.15, 0.2) is 0 Å². The Morgan fingerprint density at radius 1 is 1.13 bits per heavy atom. The van der Waals surface area contributed by atoms with E-state index in [0.717, 1.165) is 43.3 Å². The Balaban J connectivity index is 1.82. The van der Waals surface area contributed by atoms with E-state index in [0.29, 0.717) is 5.56 Å². The van der Waals surface area contributed by atoms with Crippen LogP contribution in [0.1, 0.15) is 16.1 Å². The molecular weight excluding hydrogens is 292 g/mol. The maximum absolute atomic E-state index is 12.7. The van der Waals surface area contributed by atoms with Gasteiger partial charge in [0, 0.05) is 26.2 Å². The van der Waals surface area contributed by atoms with E-state index in [4.69, 9.17) is 4.74 Å². The average Bonchev–Trinajstić information content (AvgIpc) is 2.96. The Labute approximate surface area is 136 Å². The molecule has 1 aliphatic heterocycles. The number of carbonyl (C=O) groups is 1. The topological polar surface area (TPSA) is 50.6 Å². The summed E-state index contributed by atoms with van der Waals surface area (Å²) in [5, 5.41) is 4.39. The van der Waals surface area contributed by atoms with Crippen molar-refractivity contribution < 1.29 is 9.53 Å². The van der Waals surface area contributed by atoms with Gasteiger partial charge in [-0.2, -0.15) is 5.10 Å².